The predicted octanol–water partition coefficient (Wildman–Crippen LogP) is 3.86. The summed E-state index contributed by atoms with van der Waals surface area (Å²) in [6, 6.07) is 2.09. The Balaban J connectivity index is 2.82. The van der Waals surface area contributed by atoms with Crippen LogP contribution in [0.2, 0.25) is 0 Å². The molecule has 0 heterocycles. The normalized spacial score (nSPS) is 18.3. The molecule has 1 aromatic carbocycles. The number of fused-ring (bicyclic) bond motifs is 1. The number of allylic oxidation sites excluding steroid dienone is 1. The molecule has 0 unspecified atom stereocenters. The Labute approximate surface area is 84.2 Å². The largest absolute Gasteiger partial charge is 0.208 e. The Kier molecular flexibility index (Phi) is 1.93. The van der Waals surface area contributed by atoms with Gasteiger partial charge in [0.1, 0.15) is 5.83 Å². The van der Waals surface area contributed by atoms with E-state index in [4.69, 9.17) is 0 Å². The molecular weight excluding hydrogens is 208 g/mol. The van der Waals surface area contributed by atoms with Crippen molar-refractivity contribution in [3.63, 3.8) is 0 Å². The molecule has 0 aromatic heterocycles. The maximum absolute atomic E-state index is 13.4. The summed E-state index contributed by atoms with van der Waals surface area (Å²) in [5.41, 5.74) is -1.68. The van der Waals surface area contributed by atoms with Gasteiger partial charge in [-0.1, -0.05) is 6.07 Å². The monoisotopic (exact) mass is 216 g/mol. The summed E-state index contributed by atoms with van der Waals surface area (Å²) in [7, 11) is 0. The van der Waals surface area contributed by atoms with Gasteiger partial charge in [-0.05, 0) is 25.5 Å². The Morgan fingerprint density at radius 3 is 2.20 bits per heavy atom. The highest BCUT2D eigenvalue weighted by molar-refractivity contribution is 5.74. The van der Waals surface area contributed by atoms with Crippen molar-refractivity contribution in [1.29, 1.82) is 0 Å². The van der Waals surface area contributed by atoms with Crippen LogP contribution in [0.25, 0.3) is 5.83 Å². The zero-order chi connectivity index (χ0) is 11.4. The van der Waals surface area contributed by atoms with E-state index in [2.05, 4.69) is 0 Å². The molecule has 0 spiro atoms. The summed E-state index contributed by atoms with van der Waals surface area (Å²) in [4.78, 5) is 0. The van der Waals surface area contributed by atoms with Crippen molar-refractivity contribution >= 4 is 5.83 Å². The molecule has 1 aliphatic carbocycles. The standard InChI is InChI=1S/C11H8F4/c1-11(2)5-3-4-6(12)8(13)7(5)9(14)10(11)15/h3-4H,1-2H3. The molecule has 0 nitrogen and oxygen atoms in total. The van der Waals surface area contributed by atoms with Crippen molar-refractivity contribution in [2.24, 2.45) is 0 Å². The van der Waals surface area contributed by atoms with Crippen molar-refractivity contribution in [1.82, 2.24) is 0 Å². The first-order valence-corrected chi connectivity index (χ1v) is 4.42. The van der Waals surface area contributed by atoms with E-state index >= 15 is 0 Å². The molecule has 0 bridgehead atoms. The third-order valence-electron chi connectivity index (χ3n) is 2.73. The maximum Gasteiger partial charge on any atom is 0.169 e. The smallest absolute Gasteiger partial charge is 0.169 e. The van der Waals surface area contributed by atoms with E-state index in [1.807, 2.05) is 0 Å². The van der Waals surface area contributed by atoms with Crippen LogP contribution in [0.15, 0.2) is 18.0 Å². The number of halogens is 4. The van der Waals surface area contributed by atoms with Crippen molar-refractivity contribution in [3.8, 4) is 0 Å². The Bertz CT molecular complexity index is 472. The summed E-state index contributed by atoms with van der Waals surface area (Å²) in [5.74, 6) is -4.85. The van der Waals surface area contributed by atoms with Crippen LogP contribution in [-0.2, 0) is 5.41 Å². The fraction of sp³-hybridized carbons (Fsp3) is 0.273. The van der Waals surface area contributed by atoms with Gasteiger partial charge in [0.05, 0.1) is 5.56 Å². The van der Waals surface area contributed by atoms with Crippen LogP contribution in [0.5, 0.6) is 0 Å². The third kappa shape index (κ3) is 1.14. The van der Waals surface area contributed by atoms with Crippen LogP contribution in [0.1, 0.15) is 25.0 Å². The van der Waals surface area contributed by atoms with Crippen molar-refractivity contribution in [3.05, 3.63) is 40.7 Å². The first-order chi connectivity index (χ1) is 6.87. The van der Waals surface area contributed by atoms with Gasteiger partial charge < -0.3 is 0 Å². The molecule has 0 N–H and O–H groups in total. The first kappa shape index (κ1) is 10.2. The van der Waals surface area contributed by atoms with Gasteiger partial charge in [0.2, 0.25) is 0 Å². The van der Waals surface area contributed by atoms with Gasteiger partial charge >= 0.3 is 0 Å². The zero-order valence-electron chi connectivity index (χ0n) is 8.17. The molecule has 0 atom stereocenters. The molecule has 0 saturated carbocycles. The number of benzene rings is 1. The SMILES string of the molecule is CC1(C)C(F)=C(F)c2c1ccc(F)c2F. The lowest BCUT2D eigenvalue weighted by Crippen LogP contribution is -2.15. The second-order valence-electron chi connectivity index (χ2n) is 4.04. The second kappa shape index (κ2) is 2.84. The van der Waals surface area contributed by atoms with Gasteiger partial charge in [0.25, 0.3) is 0 Å². The van der Waals surface area contributed by atoms with Crippen LogP contribution in [0.4, 0.5) is 17.6 Å². The van der Waals surface area contributed by atoms with Crippen LogP contribution < -0.4 is 0 Å². The molecule has 1 aromatic rings. The average molecular weight is 216 g/mol. The summed E-state index contributed by atoms with van der Waals surface area (Å²) in [6.07, 6.45) is 0. The molecule has 0 saturated heterocycles. The Morgan fingerprint density at radius 2 is 1.60 bits per heavy atom. The van der Waals surface area contributed by atoms with Crippen molar-refractivity contribution < 1.29 is 17.6 Å². The summed E-state index contributed by atoms with van der Waals surface area (Å²) in [6.45, 7) is 2.84. The maximum atomic E-state index is 13.4. The predicted molar refractivity (Wildman–Crippen MR) is 48.5 cm³/mol. The summed E-state index contributed by atoms with van der Waals surface area (Å²) < 4.78 is 52.9. The molecule has 2 rings (SSSR count). The summed E-state index contributed by atoms with van der Waals surface area (Å²) >= 11 is 0. The van der Waals surface area contributed by atoms with Crippen LogP contribution in [0, 0.1) is 11.6 Å². The van der Waals surface area contributed by atoms with Crippen LogP contribution in [0.3, 0.4) is 0 Å². The van der Waals surface area contributed by atoms with E-state index in [-0.39, 0.29) is 5.56 Å². The minimum Gasteiger partial charge on any atom is -0.208 e. The van der Waals surface area contributed by atoms with Gasteiger partial charge in [0.15, 0.2) is 17.5 Å². The van der Waals surface area contributed by atoms with Gasteiger partial charge in [-0.25, -0.2) is 17.6 Å². The minimum atomic E-state index is -1.33. The molecule has 80 valence electrons. The fourth-order valence-corrected chi connectivity index (χ4v) is 1.79. The Hall–Kier alpha value is -1.32. The van der Waals surface area contributed by atoms with Gasteiger partial charge in [-0.15, -0.1) is 0 Å². The topological polar surface area (TPSA) is 0 Å². The van der Waals surface area contributed by atoms with Gasteiger partial charge in [0, 0.05) is 5.41 Å². The lowest BCUT2D eigenvalue weighted by atomic mass is 9.86. The zero-order valence-corrected chi connectivity index (χ0v) is 8.17. The first-order valence-electron chi connectivity index (χ1n) is 4.42. The van der Waals surface area contributed by atoms with E-state index in [9.17, 15) is 17.6 Å². The molecule has 0 fully saturated rings. The average Bonchev–Trinajstić information content (AvgIpc) is 2.34. The molecule has 0 radical (unpaired) electrons. The Morgan fingerprint density at radius 1 is 1.00 bits per heavy atom. The highest BCUT2D eigenvalue weighted by atomic mass is 19.2. The molecule has 4 heteroatoms. The number of hydrogen-bond acceptors (Lipinski definition) is 0. The number of rotatable bonds is 0. The minimum absolute atomic E-state index is 0.136. The molecule has 0 aliphatic heterocycles. The lowest BCUT2D eigenvalue weighted by molar-refractivity contribution is 0.460. The molecule has 0 amide bonds. The van der Waals surface area contributed by atoms with E-state index < -0.39 is 34.3 Å². The second-order valence-corrected chi connectivity index (χ2v) is 4.04. The van der Waals surface area contributed by atoms with E-state index in [1.165, 1.54) is 19.9 Å². The highest BCUT2D eigenvalue weighted by Gasteiger charge is 2.41. The third-order valence-corrected chi connectivity index (χ3v) is 2.73. The van der Waals surface area contributed by atoms with Crippen molar-refractivity contribution in [2.45, 2.75) is 19.3 Å². The van der Waals surface area contributed by atoms with Gasteiger partial charge in [-0.2, -0.15) is 0 Å². The van der Waals surface area contributed by atoms with Gasteiger partial charge in [-0.3, -0.25) is 0 Å². The number of hydrogen-bond donors (Lipinski definition) is 0. The van der Waals surface area contributed by atoms with E-state index in [1.54, 1.807) is 0 Å². The molecule has 15 heavy (non-hydrogen) atoms. The summed E-state index contributed by atoms with van der Waals surface area (Å²) in [5, 5.41) is 0. The quantitative estimate of drug-likeness (QED) is 0.577. The van der Waals surface area contributed by atoms with Crippen LogP contribution in [-0.4, -0.2) is 0 Å². The van der Waals surface area contributed by atoms with Crippen LogP contribution >= 0.6 is 0 Å². The van der Waals surface area contributed by atoms with E-state index in [0.29, 0.717) is 0 Å². The highest BCUT2D eigenvalue weighted by Crippen LogP contribution is 2.48. The fourth-order valence-electron chi connectivity index (χ4n) is 1.79. The molecule has 1 aliphatic rings. The van der Waals surface area contributed by atoms with E-state index in [0.717, 1.165) is 6.07 Å². The van der Waals surface area contributed by atoms with Crippen molar-refractivity contribution in [2.75, 3.05) is 0 Å². The molecular formula is C11H8F4. The lowest BCUT2D eigenvalue weighted by Gasteiger charge is -2.18.